The number of hydrogen-bond acceptors (Lipinski definition) is 4. The van der Waals surface area contributed by atoms with Gasteiger partial charge in [-0.1, -0.05) is 12.1 Å². The van der Waals surface area contributed by atoms with Crippen LogP contribution < -0.4 is 10.5 Å². The molecule has 1 aromatic heterocycles. The van der Waals surface area contributed by atoms with Crippen LogP contribution >= 0.6 is 12.4 Å². The van der Waals surface area contributed by atoms with Crippen LogP contribution in [-0.4, -0.2) is 46.8 Å². The van der Waals surface area contributed by atoms with Gasteiger partial charge < -0.3 is 15.4 Å². The molecule has 26 heavy (non-hydrogen) atoms. The van der Waals surface area contributed by atoms with E-state index in [1.165, 1.54) is 0 Å². The van der Waals surface area contributed by atoms with E-state index < -0.39 is 0 Å². The van der Waals surface area contributed by atoms with Gasteiger partial charge in [-0.2, -0.15) is 5.10 Å². The fourth-order valence-corrected chi connectivity index (χ4v) is 4.13. The number of methoxy groups -OCH3 is 1. The number of ether oxygens (including phenoxy) is 1. The third-order valence-corrected chi connectivity index (χ3v) is 5.58. The first-order valence-corrected chi connectivity index (χ1v) is 8.84. The van der Waals surface area contributed by atoms with Crippen molar-refractivity contribution >= 4 is 18.3 Å². The molecule has 3 unspecified atom stereocenters. The van der Waals surface area contributed by atoms with E-state index in [0.29, 0.717) is 23.9 Å². The molecule has 3 atom stereocenters. The predicted octanol–water partition coefficient (Wildman–Crippen LogP) is 2.17. The van der Waals surface area contributed by atoms with Crippen molar-refractivity contribution in [2.24, 2.45) is 17.6 Å². The molecule has 7 heteroatoms. The number of halogens is 1. The summed E-state index contributed by atoms with van der Waals surface area (Å²) in [5, 5.41) is 4.35. The molecule has 1 aliphatic heterocycles. The standard InChI is InChI=1S/C19H24N4O2.ClH/c1-25-16-5-2-13(3-6-16)9-23-11-15(8-21-23)19(24)22-10-14-4-7-18(20)17(14)12-22;/h2-3,5-6,8,11,14,17-18H,4,7,9-10,12,20H2,1H3;1H. The Morgan fingerprint density at radius 1 is 1.27 bits per heavy atom. The molecule has 1 saturated heterocycles. The van der Waals surface area contributed by atoms with Gasteiger partial charge in [-0.15, -0.1) is 12.4 Å². The van der Waals surface area contributed by atoms with Crippen molar-refractivity contribution in [3.05, 3.63) is 47.8 Å². The molecule has 0 spiro atoms. The van der Waals surface area contributed by atoms with Crippen molar-refractivity contribution in [1.29, 1.82) is 0 Å². The molecule has 2 aromatic rings. The van der Waals surface area contributed by atoms with E-state index in [1.54, 1.807) is 18.0 Å². The van der Waals surface area contributed by atoms with E-state index in [-0.39, 0.29) is 24.4 Å². The Morgan fingerprint density at radius 3 is 2.73 bits per heavy atom. The number of amides is 1. The molecule has 140 valence electrons. The van der Waals surface area contributed by atoms with Crippen LogP contribution in [0, 0.1) is 11.8 Å². The first kappa shape index (κ1) is 18.7. The highest BCUT2D eigenvalue weighted by molar-refractivity contribution is 5.94. The number of nitrogens with zero attached hydrogens (tertiary/aromatic N) is 3. The summed E-state index contributed by atoms with van der Waals surface area (Å²) in [6, 6.07) is 8.12. The number of likely N-dealkylation sites (tertiary alicyclic amines) is 1. The molecular weight excluding hydrogens is 352 g/mol. The molecule has 1 aromatic carbocycles. The quantitative estimate of drug-likeness (QED) is 0.887. The average molecular weight is 377 g/mol. The van der Waals surface area contributed by atoms with Crippen LogP contribution in [0.2, 0.25) is 0 Å². The SMILES string of the molecule is COc1ccc(Cn2cc(C(=O)N3CC4CCC(N)C4C3)cn2)cc1.Cl. The van der Waals surface area contributed by atoms with Gasteiger partial charge in [0, 0.05) is 25.3 Å². The minimum atomic E-state index is 0. The van der Waals surface area contributed by atoms with Gasteiger partial charge in [-0.05, 0) is 42.4 Å². The van der Waals surface area contributed by atoms with Gasteiger partial charge in [-0.25, -0.2) is 0 Å². The molecular formula is C19H25ClN4O2. The second-order valence-corrected chi connectivity index (χ2v) is 7.15. The molecule has 1 saturated carbocycles. The third-order valence-electron chi connectivity index (χ3n) is 5.58. The monoisotopic (exact) mass is 376 g/mol. The molecule has 2 aliphatic rings. The normalized spacial score (nSPS) is 24.2. The summed E-state index contributed by atoms with van der Waals surface area (Å²) < 4.78 is 6.97. The smallest absolute Gasteiger partial charge is 0.257 e. The average Bonchev–Trinajstić information content (AvgIpc) is 3.33. The lowest BCUT2D eigenvalue weighted by molar-refractivity contribution is 0.0779. The predicted molar refractivity (Wildman–Crippen MR) is 102 cm³/mol. The van der Waals surface area contributed by atoms with E-state index in [0.717, 1.165) is 37.2 Å². The van der Waals surface area contributed by atoms with E-state index in [9.17, 15) is 4.79 Å². The van der Waals surface area contributed by atoms with Crippen molar-refractivity contribution < 1.29 is 9.53 Å². The number of fused-ring (bicyclic) bond motifs is 1. The lowest BCUT2D eigenvalue weighted by Crippen LogP contribution is -2.33. The molecule has 2 fully saturated rings. The topological polar surface area (TPSA) is 73.4 Å². The second kappa shape index (κ2) is 7.68. The summed E-state index contributed by atoms with van der Waals surface area (Å²) in [7, 11) is 1.65. The minimum absolute atomic E-state index is 0. The summed E-state index contributed by atoms with van der Waals surface area (Å²) >= 11 is 0. The highest BCUT2D eigenvalue weighted by Crippen LogP contribution is 2.37. The zero-order valence-electron chi connectivity index (χ0n) is 14.9. The van der Waals surface area contributed by atoms with Crippen LogP contribution in [0.15, 0.2) is 36.7 Å². The first-order valence-electron chi connectivity index (χ1n) is 8.84. The molecule has 4 rings (SSSR count). The maximum atomic E-state index is 12.7. The number of aromatic nitrogens is 2. The number of carbonyl (C=O) groups is 1. The van der Waals surface area contributed by atoms with Crippen molar-refractivity contribution in [2.45, 2.75) is 25.4 Å². The Bertz CT molecular complexity index is 761. The Morgan fingerprint density at radius 2 is 2.04 bits per heavy atom. The molecule has 2 N–H and O–H groups in total. The summed E-state index contributed by atoms with van der Waals surface area (Å²) in [5.74, 6) is 1.95. The van der Waals surface area contributed by atoms with Crippen molar-refractivity contribution in [3.63, 3.8) is 0 Å². The van der Waals surface area contributed by atoms with Crippen LogP contribution in [-0.2, 0) is 6.54 Å². The van der Waals surface area contributed by atoms with E-state index >= 15 is 0 Å². The highest BCUT2D eigenvalue weighted by Gasteiger charge is 2.42. The highest BCUT2D eigenvalue weighted by atomic mass is 35.5. The van der Waals surface area contributed by atoms with Gasteiger partial charge in [0.15, 0.2) is 0 Å². The van der Waals surface area contributed by atoms with E-state index in [4.69, 9.17) is 10.5 Å². The molecule has 0 bridgehead atoms. The molecule has 2 heterocycles. The van der Waals surface area contributed by atoms with E-state index in [2.05, 4.69) is 5.10 Å². The van der Waals surface area contributed by atoms with Gasteiger partial charge in [0.05, 0.1) is 25.4 Å². The van der Waals surface area contributed by atoms with Crippen LogP contribution in [0.25, 0.3) is 0 Å². The van der Waals surface area contributed by atoms with Gasteiger partial charge in [0.1, 0.15) is 5.75 Å². The first-order chi connectivity index (χ1) is 12.1. The fourth-order valence-electron chi connectivity index (χ4n) is 4.13. The largest absolute Gasteiger partial charge is 0.497 e. The van der Waals surface area contributed by atoms with E-state index in [1.807, 2.05) is 35.4 Å². The Labute approximate surface area is 159 Å². The van der Waals surface area contributed by atoms with Crippen LogP contribution in [0.5, 0.6) is 5.75 Å². The number of carbonyl (C=O) groups excluding carboxylic acids is 1. The number of hydrogen-bond donors (Lipinski definition) is 1. The molecule has 6 nitrogen and oxygen atoms in total. The summed E-state index contributed by atoms with van der Waals surface area (Å²) in [5.41, 5.74) is 7.94. The number of benzene rings is 1. The van der Waals surface area contributed by atoms with Crippen molar-refractivity contribution in [3.8, 4) is 5.75 Å². The molecule has 0 radical (unpaired) electrons. The van der Waals surface area contributed by atoms with Crippen LogP contribution in [0.3, 0.4) is 0 Å². The number of rotatable bonds is 4. The summed E-state index contributed by atoms with van der Waals surface area (Å²) in [4.78, 5) is 14.7. The zero-order valence-corrected chi connectivity index (χ0v) is 15.7. The summed E-state index contributed by atoms with van der Waals surface area (Å²) in [6.45, 7) is 2.25. The van der Waals surface area contributed by atoms with Crippen LogP contribution in [0.4, 0.5) is 0 Å². The zero-order chi connectivity index (χ0) is 17.4. The lowest BCUT2D eigenvalue weighted by Gasteiger charge is -2.17. The maximum absolute atomic E-state index is 12.7. The molecule has 1 amide bonds. The van der Waals surface area contributed by atoms with Crippen molar-refractivity contribution in [2.75, 3.05) is 20.2 Å². The van der Waals surface area contributed by atoms with Gasteiger partial charge in [-0.3, -0.25) is 9.48 Å². The lowest BCUT2D eigenvalue weighted by atomic mass is 9.98. The number of nitrogens with two attached hydrogens (primary N) is 1. The molecule has 1 aliphatic carbocycles. The van der Waals surface area contributed by atoms with Gasteiger partial charge >= 0.3 is 0 Å². The Balaban J connectivity index is 0.00000196. The van der Waals surface area contributed by atoms with Gasteiger partial charge in [0.25, 0.3) is 5.91 Å². The van der Waals surface area contributed by atoms with Gasteiger partial charge in [0.2, 0.25) is 0 Å². The Kier molecular flexibility index (Phi) is 5.53. The fraction of sp³-hybridized carbons (Fsp3) is 0.474. The van der Waals surface area contributed by atoms with Crippen LogP contribution in [0.1, 0.15) is 28.8 Å². The second-order valence-electron chi connectivity index (χ2n) is 7.15. The summed E-state index contributed by atoms with van der Waals surface area (Å²) in [6.07, 6.45) is 5.74. The Hall–Kier alpha value is -2.05. The minimum Gasteiger partial charge on any atom is -0.497 e. The van der Waals surface area contributed by atoms with Crippen molar-refractivity contribution in [1.82, 2.24) is 14.7 Å². The third kappa shape index (κ3) is 3.57. The maximum Gasteiger partial charge on any atom is 0.257 e.